The van der Waals surface area contributed by atoms with Gasteiger partial charge in [-0.3, -0.25) is 0 Å². The molecule has 2 fully saturated rings. The SMILES string of the molecule is Cc1ccc(Cc2ccc(N(c3ccc(C4(c5ccc(N(c6ccc(Cc7ccc(C)cc7)cc6)c6ccc(C)cc6C)cc5)CCCCC4)cc3)c3ccc(C)cc3C)cc2)cc1.Cc1ccc(N(c2ccc(Cc3ccc(Cl)cc3)cc2)c2ccc(C3(c4ccc(N(c5ccc(Cc6ccc(Cl)cc6)cc5)c5ccc(C)cc5C)cc4)CCCCC3)cc2)c(C)c1. The topological polar surface area (TPSA) is 13.0 Å². The molecule has 640 valence electrons. The van der Waals surface area contributed by atoms with Crippen LogP contribution in [0.5, 0.6) is 0 Å². The van der Waals surface area contributed by atoms with E-state index >= 15 is 0 Å². The number of anilines is 12. The minimum atomic E-state index is -0.0584. The third-order valence-corrected chi connectivity index (χ3v) is 27.5. The summed E-state index contributed by atoms with van der Waals surface area (Å²) < 4.78 is 0. The first-order valence-electron chi connectivity index (χ1n) is 46.1. The Balaban J connectivity index is 0.000000180. The van der Waals surface area contributed by atoms with Crippen LogP contribution < -0.4 is 19.6 Å². The Morgan fingerprint density at radius 2 is 0.352 bits per heavy atom. The Labute approximate surface area is 771 Å². The Kier molecular flexibility index (Phi) is 26.8. The van der Waals surface area contributed by atoms with Crippen LogP contribution in [0.3, 0.4) is 0 Å². The number of rotatable bonds is 24. The molecule has 0 radical (unpaired) electrons. The predicted octanol–water partition coefficient (Wildman–Crippen LogP) is 34.5. The second-order valence-corrected chi connectivity index (χ2v) is 37.4. The number of benzene rings is 16. The van der Waals surface area contributed by atoms with E-state index in [1.54, 1.807) is 0 Å². The monoisotopic (exact) mass is 1710 g/mol. The normalized spacial score (nSPS) is 13.4. The van der Waals surface area contributed by atoms with E-state index in [2.05, 4.69) is 429 Å². The molecule has 0 amide bonds. The second kappa shape index (κ2) is 39.3. The fourth-order valence-corrected chi connectivity index (χ4v) is 20.3. The average Bonchev–Trinajstić information content (AvgIpc) is 0.759. The van der Waals surface area contributed by atoms with Gasteiger partial charge in [0.25, 0.3) is 0 Å². The highest BCUT2D eigenvalue weighted by Gasteiger charge is 2.38. The zero-order valence-electron chi connectivity index (χ0n) is 76.1. The van der Waals surface area contributed by atoms with Gasteiger partial charge in [-0.15, -0.1) is 0 Å². The largest absolute Gasteiger partial charge is 0.310 e. The van der Waals surface area contributed by atoms with Crippen LogP contribution in [-0.4, -0.2) is 0 Å². The number of hydrogen-bond donors (Lipinski definition) is 0. The summed E-state index contributed by atoms with van der Waals surface area (Å²) in [4.78, 5) is 9.71. The quantitative estimate of drug-likeness (QED) is 0.0598. The third-order valence-electron chi connectivity index (χ3n) is 27.0. The maximum atomic E-state index is 6.18. The van der Waals surface area contributed by atoms with Gasteiger partial charge in [-0.05, 0) is 355 Å². The Morgan fingerprint density at radius 3 is 0.539 bits per heavy atom. The van der Waals surface area contributed by atoms with Gasteiger partial charge < -0.3 is 19.6 Å². The summed E-state index contributed by atoms with van der Waals surface area (Å²) in [5.74, 6) is 0. The zero-order chi connectivity index (χ0) is 88.4. The molecule has 0 saturated heterocycles. The van der Waals surface area contributed by atoms with Crippen LogP contribution in [0.4, 0.5) is 68.2 Å². The zero-order valence-corrected chi connectivity index (χ0v) is 77.6. The van der Waals surface area contributed by atoms with Gasteiger partial charge in [0, 0.05) is 89.1 Å². The van der Waals surface area contributed by atoms with Crippen molar-refractivity contribution in [2.45, 2.75) is 170 Å². The molecule has 0 spiro atoms. The molecule has 0 aromatic heterocycles. The molecule has 0 bridgehead atoms. The van der Waals surface area contributed by atoms with Gasteiger partial charge in [0.2, 0.25) is 0 Å². The Morgan fingerprint density at radius 1 is 0.188 bits per heavy atom. The van der Waals surface area contributed by atoms with Crippen LogP contribution in [0.1, 0.15) is 187 Å². The lowest BCUT2D eigenvalue weighted by Crippen LogP contribution is -2.30. The molecule has 18 rings (SSSR count). The lowest BCUT2D eigenvalue weighted by atomic mass is 9.65. The highest BCUT2D eigenvalue weighted by molar-refractivity contribution is 6.30. The highest BCUT2D eigenvalue weighted by Crippen LogP contribution is 2.51. The summed E-state index contributed by atoms with van der Waals surface area (Å²) in [6, 6.07) is 136. The van der Waals surface area contributed by atoms with E-state index in [9.17, 15) is 0 Å². The molecule has 2 aliphatic carbocycles. The minimum Gasteiger partial charge on any atom is -0.310 e. The molecule has 128 heavy (non-hydrogen) atoms. The van der Waals surface area contributed by atoms with Crippen molar-refractivity contribution in [2.75, 3.05) is 19.6 Å². The second-order valence-electron chi connectivity index (χ2n) is 36.6. The van der Waals surface area contributed by atoms with Crippen LogP contribution in [-0.2, 0) is 36.5 Å². The first-order chi connectivity index (χ1) is 62.2. The summed E-state index contributed by atoms with van der Waals surface area (Å²) >= 11 is 12.4. The van der Waals surface area contributed by atoms with Crippen molar-refractivity contribution in [3.05, 3.63) is 496 Å². The number of aryl methyl sites for hydroxylation is 10. The Hall–Kier alpha value is -12.7. The number of nitrogens with zero attached hydrogens (tertiary/aromatic N) is 4. The van der Waals surface area contributed by atoms with Gasteiger partial charge in [0.15, 0.2) is 0 Å². The smallest absolute Gasteiger partial charge is 0.0490 e. The van der Waals surface area contributed by atoms with Crippen LogP contribution in [0, 0.1) is 69.2 Å². The Bertz CT molecular complexity index is 5650. The first kappa shape index (κ1) is 87.4. The molecule has 0 atom stereocenters. The standard InChI is InChI=1S/C62H62N2.C60H56Cl2N2/c1-44-10-16-50(17-11-44)42-52-20-28-56(29-21-52)63(60-36-14-46(3)40-48(60)5)58-32-24-54(25-33-58)62(38-8-7-9-39-62)55-26-34-59(35-27-55)64(61-37-15-47(4)41-49(61)6)57-30-22-53(23-31-57)43-51-18-12-45(2)13-19-51;1-42-8-34-58(44(3)38-42)63(54-26-14-48(15-27-54)40-46-10-22-52(61)23-11-46)56-30-18-50(19-31-56)60(36-6-5-7-37-60)51-20-32-57(33-21-51)64(59-35-9-43(2)39-45(59)4)55-28-16-49(17-29-55)41-47-12-24-53(62)25-13-47/h10-37,40-41H,7-9,38-39,42-43H2,1-6H3;8-35,38-39H,5-7,36-37,40-41H2,1-4H3. The molecule has 2 aliphatic rings. The lowest BCUT2D eigenvalue weighted by Gasteiger charge is -2.39. The summed E-state index contributed by atoms with van der Waals surface area (Å²) in [6.45, 7) is 21.9. The fraction of sp³-hybridized carbons (Fsp3) is 0.213. The summed E-state index contributed by atoms with van der Waals surface area (Å²) in [5.41, 5.74) is 42.7. The third kappa shape index (κ3) is 20.0. The molecule has 0 N–H and O–H groups in total. The van der Waals surface area contributed by atoms with Gasteiger partial charge in [-0.2, -0.15) is 0 Å². The van der Waals surface area contributed by atoms with Crippen molar-refractivity contribution in [3.8, 4) is 0 Å². The van der Waals surface area contributed by atoms with E-state index < -0.39 is 0 Å². The molecule has 4 nitrogen and oxygen atoms in total. The van der Waals surface area contributed by atoms with Crippen molar-refractivity contribution in [3.63, 3.8) is 0 Å². The molecular weight excluding hydrogens is 1590 g/mol. The number of hydrogen-bond acceptors (Lipinski definition) is 4. The van der Waals surface area contributed by atoms with Crippen LogP contribution >= 0.6 is 23.2 Å². The van der Waals surface area contributed by atoms with Crippen LogP contribution in [0.15, 0.2) is 364 Å². The molecule has 0 aliphatic heterocycles. The highest BCUT2D eigenvalue weighted by atomic mass is 35.5. The van der Waals surface area contributed by atoms with E-state index in [0.29, 0.717) is 0 Å². The van der Waals surface area contributed by atoms with Crippen molar-refractivity contribution in [1.82, 2.24) is 0 Å². The van der Waals surface area contributed by atoms with Crippen molar-refractivity contribution >= 4 is 91.5 Å². The molecule has 6 heteroatoms. The molecule has 16 aromatic carbocycles. The summed E-state index contributed by atoms with van der Waals surface area (Å²) in [7, 11) is 0. The molecule has 0 unspecified atom stereocenters. The maximum Gasteiger partial charge on any atom is 0.0490 e. The van der Waals surface area contributed by atoms with Gasteiger partial charge in [-0.25, -0.2) is 0 Å². The predicted molar refractivity (Wildman–Crippen MR) is 547 cm³/mol. The van der Waals surface area contributed by atoms with Crippen molar-refractivity contribution in [2.24, 2.45) is 0 Å². The number of halogens is 2. The average molecular weight is 1710 g/mol. The molecule has 16 aromatic rings. The van der Waals surface area contributed by atoms with E-state index in [1.807, 2.05) is 24.3 Å². The van der Waals surface area contributed by atoms with Gasteiger partial charge in [0.05, 0.1) is 0 Å². The van der Waals surface area contributed by atoms with E-state index in [-0.39, 0.29) is 10.8 Å². The van der Waals surface area contributed by atoms with Crippen LogP contribution in [0.25, 0.3) is 0 Å². The molecular formula is C122H118Cl2N4. The van der Waals surface area contributed by atoms with E-state index in [1.165, 1.54) is 206 Å². The summed E-state index contributed by atoms with van der Waals surface area (Å²) in [6.07, 6.45) is 15.6. The minimum absolute atomic E-state index is 0.0419. The fourth-order valence-electron chi connectivity index (χ4n) is 20.1. The van der Waals surface area contributed by atoms with Gasteiger partial charge in [0.1, 0.15) is 0 Å². The van der Waals surface area contributed by atoms with Crippen molar-refractivity contribution < 1.29 is 0 Å². The van der Waals surface area contributed by atoms with Crippen LogP contribution in [0.2, 0.25) is 10.0 Å². The van der Waals surface area contributed by atoms with Crippen molar-refractivity contribution in [1.29, 1.82) is 0 Å². The van der Waals surface area contributed by atoms with E-state index in [0.717, 1.165) is 84.2 Å². The lowest BCUT2D eigenvalue weighted by molar-refractivity contribution is 0.346. The van der Waals surface area contributed by atoms with Gasteiger partial charge in [-0.1, -0.05) is 313 Å². The van der Waals surface area contributed by atoms with E-state index in [4.69, 9.17) is 23.2 Å². The molecule has 2 saturated carbocycles. The van der Waals surface area contributed by atoms with Gasteiger partial charge >= 0.3 is 0 Å². The summed E-state index contributed by atoms with van der Waals surface area (Å²) in [5, 5.41) is 1.53. The maximum absolute atomic E-state index is 6.18. The molecule has 0 heterocycles. The first-order valence-corrected chi connectivity index (χ1v) is 46.9.